The lowest BCUT2D eigenvalue weighted by Crippen LogP contribution is -2.20. The topological polar surface area (TPSA) is 112 Å². The maximum Gasteiger partial charge on any atom is 0.283 e. The summed E-state index contributed by atoms with van der Waals surface area (Å²) >= 11 is 0. The van der Waals surface area contributed by atoms with E-state index in [1.165, 1.54) is 24.3 Å². The summed E-state index contributed by atoms with van der Waals surface area (Å²) in [4.78, 5) is 13.9. The van der Waals surface area contributed by atoms with Crippen molar-refractivity contribution in [2.24, 2.45) is 4.40 Å². The molecule has 1 heterocycles. The minimum atomic E-state index is -3.79. The summed E-state index contributed by atoms with van der Waals surface area (Å²) in [6, 6.07) is 14.2. The van der Waals surface area contributed by atoms with Gasteiger partial charge in [-0.3, -0.25) is 4.79 Å². The van der Waals surface area contributed by atoms with Crippen molar-refractivity contribution in [1.82, 2.24) is 4.90 Å². The van der Waals surface area contributed by atoms with Crippen LogP contribution in [0.1, 0.15) is 18.4 Å². The molecule has 8 nitrogen and oxygen atoms in total. The van der Waals surface area contributed by atoms with E-state index in [4.69, 9.17) is 10.00 Å². The average Bonchev–Trinajstić information content (AvgIpc) is 3.11. The summed E-state index contributed by atoms with van der Waals surface area (Å²) in [6.07, 6.45) is 1.53. The Morgan fingerprint density at radius 3 is 2.48 bits per heavy atom. The molecule has 1 amide bonds. The molecule has 0 unspecified atom stereocenters. The Kier molecular flexibility index (Phi) is 6.14. The number of carbonyl (C=O) groups is 1. The van der Waals surface area contributed by atoms with Crippen LogP contribution in [0, 0.1) is 11.3 Å². The highest BCUT2D eigenvalue weighted by atomic mass is 32.2. The van der Waals surface area contributed by atoms with Gasteiger partial charge in [0.25, 0.3) is 15.9 Å². The molecule has 0 radical (unpaired) electrons. The first-order valence-corrected chi connectivity index (χ1v) is 10.4. The van der Waals surface area contributed by atoms with E-state index in [9.17, 15) is 13.2 Å². The second-order valence-electron chi connectivity index (χ2n) is 6.51. The molecular formula is C20H20N4O4S. The first-order chi connectivity index (χ1) is 13.9. The van der Waals surface area contributed by atoms with Gasteiger partial charge >= 0.3 is 0 Å². The number of anilines is 1. The maximum absolute atomic E-state index is 12.4. The van der Waals surface area contributed by atoms with E-state index in [1.54, 1.807) is 24.3 Å². The number of nitriles is 1. The van der Waals surface area contributed by atoms with Gasteiger partial charge in [0, 0.05) is 25.7 Å². The molecule has 0 bridgehead atoms. The minimum Gasteiger partial charge on any atom is -0.484 e. The lowest BCUT2D eigenvalue weighted by molar-refractivity contribution is -0.118. The molecule has 1 fully saturated rings. The van der Waals surface area contributed by atoms with Gasteiger partial charge in [0.05, 0.1) is 16.5 Å². The fourth-order valence-corrected chi connectivity index (χ4v) is 3.88. The van der Waals surface area contributed by atoms with E-state index in [-0.39, 0.29) is 11.5 Å². The molecule has 1 saturated heterocycles. The number of ether oxygens (including phenoxy) is 1. The monoisotopic (exact) mass is 412 g/mol. The molecule has 1 aliphatic rings. The van der Waals surface area contributed by atoms with Crippen LogP contribution in [0.25, 0.3) is 0 Å². The van der Waals surface area contributed by atoms with Crippen molar-refractivity contribution < 1.29 is 17.9 Å². The maximum atomic E-state index is 12.4. The highest BCUT2D eigenvalue weighted by Gasteiger charge is 2.20. The molecule has 2 aromatic rings. The van der Waals surface area contributed by atoms with Crippen LogP contribution in [0.2, 0.25) is 0 Å². The van der Waals surface area contributed by atoms with Crippen LogP contribution < -0.4 is 10.1 Å². The van der Waals surface area contributed by atoms with Gasteiger partial charge in [-0.25, -0.2) is 0 Å². The number of hydrogen-bond acceptors (Lipinski definition) is 5. The van der Waals surface area contributed by atoms with Crippen LogP contribution in [0.15, 0.2) is 57.8 Å². The fraction of sp³-hybridized carbons (Fsp3) is 0.250. The van der Waals surface area contributed by atoms with Gasteiger partial charge in [0.2, 0.25) is 0 Å². The lowest BCUT2D eigenvalue weighted by Gasteiger charge is -2.11. The van der Waals surface area contributed by atoms with Crippen molar-refractivity contribution in [3.8, 4) is 11.8 Å². The van der Waals surface area contributed by atoms with Gasteiger partial charge < -0.3 is 15.0 Å². The van der Waals surface area contributed by atoms with Crippen LogP contribution in [0.4, 0.5) is 5.69 Å². The summed E-state index contributed by atoms with van der Waals surface area (Å²) < 4.78 is 34.1. The number of sulfonamides is 1. The van der Waals surface area contributed by atoms with Crippen molar-refractivity contribution in [2.45, 2.75) is 17.7 Å². The number of amides is 1. The van der Waals surface area contributed by atoms with Crippen molar-refractivity contribution >= 4 is 27.5 Å². The lowest BCUT2D eigenvalue weighted by atomic mass is 10.2. The number of benzene rings is 2. The molecule has 9 heteroatoms. The van der Waals surface area contributed by atoms with E-state index in [0.29, 0.717) is 29.3 Å². The second kappa shape index (κ2) is 8.75. The van der Waals surface area contributed by atoms with E-state index < -0.39 is 15.9 Å². The normalized spacial score (nSPS) is 15.2. The fourth-order valence-electron chi connectivity index (χ4n) is 2.78. The average molecular weight is 412 g/mol. The Balaban J connectivity index is 1.58. The molecule has 0 aliphatic carbocycles. The molecule has 29 heavy (non-hydrogen) atoms. The number of amidine groups is 1. The van der Waals surface area contributed by atoms with Crippen molar-refractivity contribution in [2.75, 3.05) is 25.5 Å². The Morgan fingerprint density at radius 1 is 1.21 bits per heavy atom. The van der Waals surface area contributed by atoms with Crippen LogP contribution >= 0.6 is 0 Å². The number of nitrogens with one attached hydrogen (secondary N) is 1. The van der Waals surface area contributed by atoms with Gasteiger partial charge in [0.15, 0.2) is 6.61 Å². The molecular weight excluding hydrogens is 392 g/mol. The summed E-state index contributed by atoms with van der Waals surface area (Å²) in [5.41, 5.74) is 0.949. The number of likely N-dealkylation sites (tertiary alicyclic amines) is 1. The van der Waals surface area contributed by atoms with Crippen molar-refractivity contribution in [3.05, 3.63) is 54.1 Å². The Bertz CT molecular complexity index is 1060. The van der Waals surface area contributed by atoms with Gasteiger partial charge in [-0.05, 0) is 55.0 Å². The largest absolute Gasteiger partial charge is 0.484 e. The molecule has 150 valence electrons. The Labute approximate surface area is 169 Å². The minimum absolute atomic E-state index is 0.0668. The van der Waals surface area contributed by atoms with Crippen LogP contribution in [0.3, 0.4) is 0 Å². The SMILES string of the molecule is CN1CCC/C1=N/S(=O)(=O)c1ccc(NC(=O)COc2ccc(C#N)cc2)cc1. The number of rotatable bonds is 6. The molecule has 0 spiro atoms. The predicted octanol–water partition coefficient (Wildman–Crippen LogP) is 2.39. The van der Waals surface area contributed by atoms with Gasteiger partial charge in [-0.1, -0.05) is 0 Å². The number of hydrogen-bond donors (Lipinski definition) is 1. The highest BCUT2D eigenvalue weighted by molar-refractivity contribution is 7.90. The van der Waals surface area contributed by atoms with Crippen LogP contribution in [-0.4, -0.2) is 45.3 Å². The standard InChI is InChI=1S/C20H20N4O4S/c1-24-12-2-3-19(24)23-29(26,27)18-10-6-16(7-11-18)22-20(25)14-28-17-8-4-15(13-21)5-9-17/h4-11H,2-3,12,14H2,1H3,(H,22,25)/b23-19-. The van der Waals surface area contributed by atoms with E-state index in [0.717, 1.165) is 13.0 Å². The molecule has 0 saturated carbocycles. The first kappa shape index (κ1) is 20.4. The third-order valence-corrected chi connectivity index (χ3v) is 5.67. The molecule has 1 N–H and O–H groups in total. The zero-order valence-corrected chi connectivity index (χ0v) is 16.6. The number of nitrogens with zero attached hydrogens (tertiary/aromatic N) is 3. The predicted molar refractivity (Wildman–Crippen MR) is 108 cm³/mol. The quantitative estimate of drug-likeness (QED) is 0.780. The zero-order valence-electron chi connectivity index (χ0n) is 15.8. The van der Waals surface area contributed by atoms with E-state index in [2.05, 4.69) is 9.71 Å². The summed E-state index contributed by atoms with van der Waals surface area (Å²) in [5.74, 6) is 0.636. The smallest absolute Gasteiger partial charge is 0.283 e. The second-order valence-corrected chi connectivity index (χ2v) is 8.11. The molecule has 1 aliphatic heterocycles. The molecule has 2 aromatic carbocycles. The third kappa shape index (κ3) is 5.33. The number of carbonyl (C=O) groups excluding carboxylic acids is 1. The summed E-state index contributed by atoms with van der Waals surface area (Å²) in [7, 11) is -1.97. The molecule has 0 atom stereocenters. The Morgan fingerprint density at radius 2 is 1.90 bits per heavy atom. The van der Waals surface area contributed by atoms with Gasteiger partial charge in [-0.15, -0.1) is 4.40 Å². The third-order valence-electron chi connectivity index (χ3n) is 4.35. The van der Waals surface area contributed by atoms with Gasteiger partial charge in [0.1, 0.15) is 11.6 Å². The molecule has 0 aromatic heterocycles. The highest BCUT2D eigenvalue weighted by Crippen LogP contribution is 2.19. The van der Waals surface area contributed by atoms with E-state index in [1.807, 2.05) is 18.0 Å². The van der Waals surface area contributed by atoms with Crippen LogP contribution in [0.5, 0.6) is 5.75 Å². The van der Waals surface area contributed by atoms with Crippen molar-refractivity contribution in [3.63, 3.8) is 0 Å². The summed E-state index contributed by atoms with van der Waals surface area (Å²) in [5, 5.41) is 11.4. The first-order valence-electron chi connectivity index (χ1n) is 8.95. The van der Waals surface area contributed by atoms with Crippen molar-refractivity contribution in [1.29, 1.82) is 5.26 Å². The van der Waals surface area contributed by atoms with E-state index >= 15 is 0 Å². The zero-order chi connectivity index (χ0) is 20.9. The van der Waals surface area contributed by atoms with Gasteiger partial charge in [-0.2, -0.15) is 13.7 Å². The summed E-state index contributed by atoms with van der Waals surface area (Å²) in [6.45, 7) is 0.579. The van der Waals surface area contributed by atoms with Crippen LogP contribution in [-0.2, 0) is 14.8 Å². The Hall–Kier alpha value is -3.38. The molecule has 3 rings (SSSR count).